The van der Waals surface area contributed by atoms with Crippen LogP contribution in [0.15, 0.2) is 42.6 Å². The highest BCUT2D eigenvalue weighted by Crippen LogP contribution is 2.15. The van der Waals surface area contributed by atoms with Crippen molar-refractivity contribution in [3.05, 3.63) is 59.4 Å². The number of nitrogens with zero attached hydrogens (tertiary/aromatic N) is 2. The van der Waals surface area contributed by atoms with E-state index in [4.69, 9.17) is 0 Å². The third-order valence-corrected chi connectivity index (χ3v) is 3.56. The van der Waals surface area contributed by atoms with Crippen LogP contribution in [0, 0.1) is 6.92 Å². The van der Waals surface area contributed by atoms with E-state index in [-0.39, 0.29) is 18.4 Å². The summed E-state index contributed by atoms with van der Waals surface area (Å²) in [4.78, 5) is 29.9. The Bertz CT molecular complexity index is 696. The van der Waals surface area contributed by atoms with E-state index in [0.717, 1.165) is 23.4 Å². The first kappa shape index (κ1) is 16.7. The zero-order valence-electron chi connectivity index (χ0n) is 13.7. The summed E-state index contributed by atoms with van der Waals surface area (Å²) in [6, 6.07) is 11.1. The monoisotopic (exact) mass is 311 g/mol. The van der Waals surface area contributed by atoms with Crippen molar-refractivity contribution in [1.82, 2.24) is 9.88 Å². The van der Waals surface area contributed by atoms with Crippen LogP contribution >= 0.6 is 0 Å². The van der Waals surface area contributed by atoms with Crippen LogP contribution in [0.25, 0.3) is 0 Å². The molecule has 2 amide bonds. The molecule has 23 heavy (non-hydrogen) atoms. The Hall–Kier alpha value is -2.69. The molecule has 0 fully saturated rings. The zero-order chi connectivity index (χ0) is 16.8. The molecule has 0 aliphatic heterocycles. The van der Waals surface area contributed by atoms with Crippen LogP contribution in [0.3, 0.4) is 0 Å². The van der Waals surface area contributed by atoms with Crippen LogP contribution in [0.4, 0.5) is 5.69 Å². The van der Waals surface area contributed by atoms with Crippen molar-refractivity contribution in [1.29, 1.82) is 0 Å². The Labute approximate surface area is 136 Å². The maximum absolute atomic E-state index is 12.3. The second kappa shape index (κ2) is 7.54. The lowest BCUT2D eigenvalue weighted by atomic mass is 10.1. The van der Waals surface area contributed by atoms with Crippen LogP contribution < -0.4 is 5.32 Å². The van der Waals surface area contributed by atoms with Crippen LogP contribution in [0.1, 0.15) is 28.5 Å². The first-order valence-electron chi connectivity index (χ1n) is 7.57. The number of hydrogen-bond donors (Lipinski definition) is 1. The van der Waals surface area contributed by atoms with Gasteiger partial charge in [0.2, 0.25) is 5.91 Å². The third kappa shape index (κ3) is 4.39. The maximum atomic E-state index is 12.3. The second-order valence-corrected chi connectivity index (χ2v) is 5.41. The number of carbonyl (C=O) groups excluding carboxylic acids is 2. The zero-order valence-corrected chi connectivity index (χ0v) is 13.7. The molecule has 0 atom stereocenters. The molecule has 0 saturated carbocycles. The van der Waals surface area contributed by atoms with Gasteiger partial charge >= 0.3 is 0 Å². The number of likely N-dealkylation sites (N-methyl/N-ethyl adjacent to an activating group) is 1. The average Bonchev–Trinajstić information content (AvgIpc) is 2.55. The maximum Gasteiger partial charge on any atom is 0.255 e. The summed E-state index contributed by atoms with van der Waals surface area (Å²) in [5, 5.41) is 2.86. The van der Waals surface area contributed by atoms with Gasteiger partial charge in [0, 0.05) is 24.6 Å². The third-order valence-electron chi connectivity index (χ3n) is 3.56. The molecule has 0 radical (unpaired) electrons. The molecule has 0 unspecified atom stereocenters. The van der Waals surface area contributed by atoms with Gasteiger partial charge in [0.25, 0.3) is 5.91 Å². The molecule has 1 N–H and O–H groups in total. The minimum absolute atomic E-state index is 0.00917. The molecular formula is C18H21N3O2. The van der Waals surface area contributed by atoms with E-state index in [1.807, 2.05) is 38.1 Å². The number of pyridine rings is 1. The van der Waals surface area contributed by atoms with Crippen LogP contribution in [0.5, 0.6) is 0 Å². The summed E-state index contributed by atoms with van der Waals surface area (Å²) < 4.78 is 0. The normalized spacial score (nSPS) is 10.2. The van der Waals surface area contributed by atoms with E-state index in [1.165, 1.54) is 11.1 Å². The fourth-order valence-electron chi connectivity index (χ4n) is 2.24. The Balaban J connectivity index is 1.99. The molecule has 120 valence electrons. The molecule has 0 saturated heterocycles. The quantitative estimate of drug-likeness (QED) is 0.923. The SMILES string of the molecule is CCc1ccccc1NC(=O)CN(C)C(=O)c1ccc(C)nc1. The van der Waals surface area contributed by atoms with Gasteiger partial charge < -0.3 is 10.2 Å². The summed E-state index contributed by atoms with van der Waals surface area (Å²) >= 11 is 0. The minimum atomic E-state index is -0.226. The van der Waals surface area contributed by atoms with Crippen molar-refractivity contribution in [2.45, 2.75) is 20.3 Å². The second-order valence-electron chi connectivity index (χ2n) is 5.41. The van der Waals surface area contributed by atoms with E-state index in [2.05, 4.69) is 10.3 Å². The fourth-order valence-corrected chi connectivity index (χ4v) is 2.24. The topological polar surface area (TPSA) is 62.3 Å². The number of anilines is 1. The first-order valence-corrected chi connectivity index (χ1v) is 7.57. The van der Waals surface area contributed by atoms with Crippen molar-refractivity contribution in [2.24, 2.45) is 0 Å². The molecule has 0 bridgehead atoms. The number of aryl methyl sites for hydroxylation is 2. The standard InChI is InChI=1S/C18H21N3O2/c1-4-14-7-5-6-8-16(14)20-17(22)12-21(3)18(23)15-10-9-13(2)19-11-15/h5-11H,4,12H2,1-3H3,(H,20,22). The first-order chi connectivity index (χ1) is 11.0. The Morgan fingerprint density at radius 1 is 1.17 bits per heavy atom. The minimum Gasteiger partial charge on any atom is -0.332 e. The van der Waals surface area contributed by atoms with E-state index < -0.39 is 0 Å². The van der Waals surface area contributed by atoms with E-state index in [0.29, 0.717) is 5.56 Å². The molecule has 1 aromatic carbocycles. The van der Waals surface area contributed by atoms with Crippen LogP contribution in [-0.2, 0) is 11.2 Å². The van der Waals surface area contributed by atoms with Gasteiger partial charge in [0.05, 0.1) is 12.1 Å². The van der Waals surface area contributed by atoms with Gasteiger partial charge in [-0.1, -0.05) is 25.1 Å². The molecule has 1 heterocycles. The number of hydrogen-bond acceptors (Lipinski definition) is 3. The lowest BCUT2D eigenvalue weighted by Crippen LogP contribution is -2.35. The van der Waals surface area contributed by atoms with Gasteiger partial charge in [-0.2, -0.15) is 0 Å². The van der Waals surface area contributed by atoms with Gasteiger partial charge in [0.15, 0.2) is 0 Å². The number of rotatable bonds is 5. The summed E-state index contributed by atoms with van der Waals surface area (Å²) in [5.74, 6) is -0.446. The Kier molecular flexibility index (Phi) is 5.46. The fraction of sp³-hybridized carbons (Fsp3) is 0.278. The molecule has 0 aliphatic rings. The highest BCUT2D eigenvalue weighted by Gasteiger charge is 2.15. The van der Waals surface area contributed by atoms with Crippen molar-refractivity contribution in [3.8, 4) is 0 Å². The summed E-state index contributed by atoms with van der Waals surface area (Å²) in [5.41, 5.74) is 3.17. The van der Waals surface area contributed by atoms with Crippen LogP contribution in [0.2, 0.25) is 0 Å². The molecular weight excluding hydrogens is 290 g/mol. The van der Waals surface area contributed by atoms with Gasteiger partial charge in [-0.3, -0.25) is 14.6 Å². The van der Waals surface area contributed by atoms with Crippen LogP contribution in [-0.4, -0.2) is 35.3 Å². The average molecular weight is 311 g/mol. The highest BCUT2D eigenvalue weighted by atomic mass is 16.2. The number of aromatic nitrogens is 1. The van der Waals surface area contributed by atoms with E-state index in [9.17, 15) is 9.59 Å². The lowest BCUT2D eigenvalue weighted by molar-refractivity contribution is -0.116. The summed E-state index contributed by atoms with van der Waals surface area (Å²) in [6.45, 7) is 3.88. The van der Waals surface area contributed by atoms with Gasteiger partial charge in [0.1, 0.15) is 0 Å². The van der Waals surface area contributed by atoms with Crippen molar-refractivity contribution < 1.29 is 9.59 Å². The predicted octanol–water partition coefficient (Wildman–Crippen LogP) is 2.66. The Morgan fingerprint density at radius 3 is 2.57 bits per heavy atom. The summed E-state index contributed by atoms with van der Waals surface area (Å²) in [7, 11) is 1.60. The molecule has 2 rings (SSSR count). The molecule has 5 heteroatoms. The molecule has 1 aromatic heterocycles. The van der Waals surface area contributed by atoms with Gasteiger partial charge in [-0.05, 0) is 37.1 Å². The molecule has 0 spiro atoms. The molecule has 5 nitrogen and oxygen atoms in total. The predicted molar refractivity (Wildman–Crippen MR) is 90.4 cm³/mol. The summed E-state index contributed by atoms with van der Waals surface area (Å²) in [6.07, 6.45) is 2.36. The van der Waals surface area contributed by atoms with Crippen molar-refractivity contribution in [3.63, 3.8) is 0 Å². The highest BCUT2D eigenvalue weighted by molar-refractivity contribution is 5.99. The van der Waals surface area contributed by atoms with E-state index >= 15 is 0 Å². The number of nitrogens with one attached hydrogen (secondary N) is 1. The van der Waals surface area contributed by atoms with Gasteiger partial charge in [-0.25, -0.2) is 0 Å². The van der Waals surface area contributed by atoms with Crippen molar-refractivity contribution in [2.75, 3.05) is 18.9 Å². The van der Waals surface area contributed by atoms with Crippen molar-refractivity contribution >= 4 is 17.5 Å². The Morgan fingerprint density at radius 2 is 1.91 bits per heavy atom. The number of carbonyl (C=O) groups is 2. The lowest BCUT2D eigenvalue weighted by Gasteiger charge is -2.17. The van der Waals surface area contributed by atoms with Gasteiger partial charge in [-0.15, -0.1) is 0 Å². The molecule has 2 aromatic rings. The number of benzene rings is 1. The number of amides is 2. The largest absolute Gasteiger partial charge is 0.332 e. The molecule has 0 aliphatic carbocycles. The number of para-hydroxylation sites is 1. The van der Waals surface area contributed by atoms with E-state index in [1.54, 1.807) is 19.2 Å². The smallest absolute Gasteiger partial charge is 0.255 e.